The second-order valence-corrected chi connectivity index (χ2v) is 5.37. The molecule has 0 saturated carbocycles. The first-order chi connectivity index (χ1) is 10.9. The smallest absolute Gasteiger partial charge is 0.296 e. The van der Waals surface area contributed by atoms with Crippen LogP contribution in [0.25, 0.3) is 0 Å². The molecule has 0 aromatic heterocycles. The molecule has 6 nitrogen and oxygen atoms in total. The predicted molar refractivity (Wildman–Crippen MR) is 88.1 cm³/mol. The lowest BCUT2D eigenvalue weighted by molar-refractivity contribution is -0.384. The van der Waals surface area contributed by atoms with Gasteiger partial charge in [-0.25, -0.2) is 0 Å². The Balaban J connectivity index is 2.24. The molecule has 2 aromatic carbocycles. The van der Waals surface area contributed by atoms with Gasteiger partial charge in [-0.15, -0.1) is 0 Å². The Morgan fingerprint density at radius 1 is 1.17 bits per heavy atom. The molecule has 0 aliphatic heterocycles. The highest BCUT2D eigenvalue weighted by Crippen LogP contribution is 2.29. The number of carbonyl (C=O) groups excluding carboxylic acids is 1. The summed E-state index contributed by atoms with van der Waals surface area (Å²) in [5, 5.41) is 13.7. The van der Waals surface area contributed by atoms with Crippen molar-refractivity contribution in [2.45, 2.75) is 19.8 Å². The van der Waals surface area contributed by atoms with Crippen LogP contribution in [0.2, 0.25) is 0 Å². The largest absolute Gasteiger partial charge is 0.496 e. The molecule has 0 spiro atoms. The number of nitrogens with zero attached hydrogens (tertiary/aromatic N) is 1. The van der Waals surface area contributed by atoms with E-state index in [1.165, 1.54) is 19.2 Å². The zero-order valence-electron chi connectivity index (χ0n) is 13.2. The summed E-state index contributed by atoms with van der Waals surface area (Å²) in [5.41, 5.74) is 1.49. The molecular weight excluding hydrogens is 296 g/mol. The van der Waals surface area contributed by atoms with E-state index in [0.29, 0.717) is 17.2 Å². The van der Waals surface area contributed by atoms with Crippen LogP contribution in [0.15, 0.2) is 42.5 Å². The van der Waals surface area contributed by atoms with E-state index in [-0.39, 0.29) is 11.4 Å². The normalized spacial score (nSPS) is 10.4. The molecule has 23 heavy (non-hydrogen) atoms. The first-order valence-corrected chi connectivity index (χ1v) is 7.16. The lowest BCUT2D eigenvalue weighted by Crippen LogP contribution is -2.13. The Bertz CT molecular complexity index is 724. The highest BCUT2D eigenvalue weighted by molar-refractivity contribution is 6.05. The fourth-order valence-corrected chi connectivity index (χ4v) is 2.11. The van der Waals surface area contributed by atoms with Crippen LogP contribution >= 0.6 is 0 Å². The SMILES string of the molecule is COc1ccc(NC(=O)c2ccc(C(C)C)cc2)c([N+](=O)[O-])c1. The lowest BCUT2D eigenvalue weighted by atomic mass is 10.0. The summed E-state index contributed by atoms with van der Waals surface area (Å²) in [6, 6.07) is 11.5. The second-order valence-electron chi connectivity index (χ2n) is 5.37. The fourth-order valence-electron chi connectivity index (χ4n) is 2.11. The third kappa shape index (κ3) is 3.85. The average molecular weight is 314 g/mol. The third-order valence-electron chi connectivity index (χ3n) is 3.49. The van der Waals surface area contributed by atoms with Crippen molar-refractivity contribution in [3.8, 4) is 5.75 Å². The van der Waals surface area contributed by atoms with E-state index in [1.54, 1.807) is 18.2 Å². The summed E-state index contributed by atoms with van der Waals surface area (Å²) < 4.78 is 4.97. The molecule has 2 rings (SSSR count). The second kappa shape index (κ2) is 6.91. The standard InChI is InChI=1S/C17H18N2O4/c1-11(2)12-4-6-13(7-5-12)17(20)18-15-9-8-14(23-3)10-16(15)19(21)22/h4-11H,1-3H3,(H,18,20). The van der Waals surface area contributed by atoms with Gasteiger partial charge in [-0.1, -0.05) is 26.0 Å². The van der Waals surface area contributed by atoms with E-state index in [2.05, 4.69) is 19.2 Å². The van der Waals surface area contributed by atoms with E-state index in [0.717, 1.165) is 5.56 Å². The molecule has 0 aliphatic rings. The Labute approximate surface area is 134 Å². The molecule has 0 bridgehead atoms. The maximum absolute atomic E-state index is 12.3. The monoisotopic (exact) mass is 314 g/mol. The number of rotatable bonds is 5. The summed E-state index contributed by atoms with van der Waals surface area (Å²) in [5.74, 6) is 0.333. The summed E-state index contributed by atoms with van der Waals surface area (Å²) in [7, 11) is 1.42. The molecule has 120 valence electrons. The molecule has 0 fully saturated rings. The number of methoxy groups -OCH3 is 1. The van der Waals surface area contributed by atoms with Gasteiger partial charge < -0.3 is 10.1 Å². The van der Waals surface area contributed by atoms with Crippen molar-refractivity contribution in [3.05, 3.63) is 63.7 Å². The fraction of sp³-hybridized carbons (Fsp3) is 0.235. The average Bonchev–Trinajstić information content (AvgIpc) is 2.55. The number of benzene rings is 2. The summed E-state index contributed by atoms with van der Waals surface area (Å²) >= 11 is 0. The van der Waals surface area contributed by atoms with Crippen LogP contribution in [-0.2, 0) is 0 Å². The highest BCUT2D eigenvalue weighted by atomic mass is 16.6. The van der Waals surface area contributed by atoms with E-state index in [1.807, 2.05) is 12.1 Å². The minimum absolute atomic E-state index is 0.133. The summed E-state index contributed by atoms with van der Waals surface area (Å²) in [4.78, 5) is 22.8. The van der Waals surface area contributed by atoms with Gasteiger partial charge in [0.05, 0.1) is 18.1 Å². The minimum Gasteiger partial charge on any atom is -0.496 e. The van der Waals surface area contributed by atoms with Gasteiger partial charge >= 0.3 is 0 Å². The van der Waals surface area contributed by atoms with Crippen molar-refractivity contribution in [1.29, 1.82) is 0 Å². The number of carbonyl (C=O) groups is 1. The number of nitrogens with one attached hydrogen (secondary N) is 1. The van der Waals surface area contributed by atoms with Gasteiger partial charge in [0.15, 0.2) is 0 Å². The maximum Gasteiger partial charge on any atom is 0.296 e. The lowest BCUT2D eigenvalue weighted by Gasteiger charge is -2.09. The maximum atomic E-state index is 12.3. The Kier molecular flexibility index (Phi) is 4.95. The molecular formula is C17H18N2O4. The van der Waals surface area contributed by atoms with Crippen molar-refractivity contribution in [1.82, 2.24) is 0 Å². The van der Waals surface area contributed by atoms with Crippen molar-refractivity contribution in [3.63, 3.8) is 0 Å². The number of nitro groups is 1. The van der Waals surface area contributed by atoms with Crippen LogP contribution in [0.5, 0.6) is 5.75 Å². The van der Waals surface area contributed by atoms with Crippen molar-refractivity contribution >= 4 is 17.3 Å². The Hall–Kier alpha value is -2.89. The van der Waals surface area contributed by atoms with Crippen molar-refractivity contribution in [2.75, 3.05) is 12.4 Å². The van der Waals surface area contributed by atoms with Gasteiger partial charge in [-0.3, -0.25) is 14.9 Å². The molecule has 1 amide bonds. The zero-order valence-corrected chi connectivity index (χ0v) is 13.2. The number of hydrogen-bond acceptors (Lipinski definition) is 4. The van der Waals surface area contributed by atoms with Crippen LogP contribution in [-0.4, -0.2) is 17.9 Å². The number of ether oxygens (including phenoxy) is 1. The first-order valence-electron chi connectivity index (χ1n) is 7.16. The number of nitro benzene ring substituents is 1. The van der Waals surface area contributed by atoms with E-state index < -0.39 is 10.8 Å². The number of amides is 1. The molecule has 0 radical (unpaired) electrons. The van der Waals surface area contributed by atoms with Crippen LogP contribution in [0.1, 0.15) is 35.7 Å². The van der Waals surface area contributed by atoms with Gasteiger partial charge in [0.1, 0.15) is 11.4 Å². The van der Waals surface area contributed by atoms with Gasteiger partial charge in [0.2, 0.25) is 0 Å². The predicted octanol–water partition coefficient (Wildman–Crippen LogP) is 3.98. The molecule has 0 atom stereocenters. The van der Waals surface area contributed by atoms with Gasteiger partial charge in [0.25, 0.3) is 11.6 Å². The number of hydrogen-bond donors (Lipinski definition) is 1. The van der Waals surface area contributed by atoms with Crippen LogP contribution in [0, 0.1) is 10.1 Å². The van der Waals surface area contributed by atoms with Crippen LogP contribution in [0.4, 0.5) is 11.4 Å². The topological polar surface area (TPSA) is 81.5 Å². The summed E-state index contributed by atoms with van der Waals surface area (Å²) in [6.07, 6.45) is 0. The Morgan fingerprint density at radius 2 is 1.83 bits per heavy atom. The first kappa shape index (κ1) is 16.5. The number of anilines is 1. The minimum atomic E-state index is -0.556. The third-order valence-corrected chi connectivity index (χ3v) is 3.49. The molecule has 0 heterocycles. The molecule has 0 unspecified atom stereocenters. The molecule has 1 N–H and O–H groups in total. The molecule has 6 heteroatoms. The van der Waals surface area contributed by atoms with E-state index in [9.17, 15) is 14.9 Å². The van der Waals surface area contributed by atoms with E-state index in [4.69, 9.17) is 4.74 Å². The van der Waals surface area contributed by atoms with Crippen molar-refractivity contribution in [2.24, 2.45) is 0 Å². The summed E-state index contributed by atoms with van der Waals surface area (Å²) in [6.45, 7) is 4.13. The molecule has 0 saturated heterocycles. The quantitative estimate of drug-likeness (QED) is 0.668. The molecule has 0 aliphatic carbocycles. The zero-order chi connectivity index (χ0) is 17.0. The van der Waals surface area contributed by atoms with Gasteiger partial charge in [-0.2, -0.15) is 0 Å². The van der Waals surface area contributed by atoms with E-state index >= 15 is 0 Å². The van der Waals surface area contributed by atoms with Gasteiger partial charge in [-0.05, 0) is 35.7 Å². The highest BCUT2D eigenvalue weighted by Gasteiger charge is 2.18. The molecule has 2 aromatic rings. The van der Waals surface area contributed by atoms with Gasteiger partial charge in [0, 0.05) is 5.56 Å². The van der Waals surface area contributed by atoms with Crippen molar-refractivity contribution < 1.29 is 14.5 Å². The van der Waals surface area contributed by atoms with Crippen LogP contribution < -0.4 is 10.1 Å². The van der Waals surface area contributed by atoms with Crippen LogP contribution in [0.3, 0.4) is 0 Å². The Morgan fingerprint density at radius 3 is 2.35 bits per heavy atom.